The maximum atomic E-state index is 12.9. The molecule has 0 bridgehead atoms. The summed E-state index contributed by atoms with van der Waals surface area (Å²) < 4.78 is 1.92. The van der Waals surface area contributed by atoms with Crippen molar-refractivity contribution in [3.8, 4) is 5.69 Å². The number of carbonyl (C=O) groups excluding carboxylic acids is 1. The number of carbonyl (C=O) groups is 1. The van der Waals surface area contributed by atoms with Gasteiger partial charge in [0.15, 0.2) is 0 Å². The van der Waals surface area contributed by atoms with Gasteiger partial charge in [0.2, 0.25) is 0 Å². The first kappa shape index (κ1) is 17.4. The van der Waals surface area contributed by atoms with Gasteiger partial charge in [0, 0.05) is 12.1 Å². The number of para-hydroxylation sites is 1. The largest absolute Gasteiger partial charge is 0.346 e. The van der Waals surface area contributed by atoms with E-state index >= 15 is 0 Å². The van der Waals surface area contributed by atoms with E-state index in [0.717, 1.165) is 43.0 Å². The zero-order valence-electron chi connectivity index (χ0n) is 15.1. The van der Waals surface area contributed by atoms with E-state index in [0.29, 0.717) is 18.0 Å². The molecule has 0 atom stereocenters. The Kier molecular flexibility index (Phi) is 5.25. The van der Waals surface area contributed by atoms with Crippen LogP contribution in [0.15, 0.2) is 60.9 Å². The standard InChI is InChI=1S/C21H23N5O/c27-21(24-14-17-6-4-5-11-23-17)19-15-25-26(18-7-2-1-3-8-18)20(19)16-9-12-22-13-10-16/h1-8,11,15-16,22H,9-10,12-14H2,(H,24,27). The van der Waals surface area contributed by atoms with Gasteiger partial charge in [-0.15, -0.1) is 0 Å². The molecule has 1 aromatic carbocycles. The van der Waals surface area contributed by atoms with Crippen molar-refractivity contribution in [1.82, 2.24) is 25.4 Å². The van der Waals surface area contributed by atoms with E-state index in [1.54, 1.807) is 12.4 Å². The van der Waals surface area contributed by atoms with Crippen molar-refractivity contribution in [2.24, 2.45) is 0 Å². The molecule has 6 nitrogen and oxygen atoms in total. The van der Waals surface area contributed by atoms with Crippen LogP contribution in [-0.2, 0) is 6.54 Å². The molecule has 1 saturated heterocycles. The molecule has 2 N–H and O–H groups in total. The number of nitrogens with one attached hydrogen (secondary N) is 2. The quantitative estimate of drug-likeness (QED) is 0.733. The zero-order valence-corrected chi connectivity index (χ0v) is 15.1. The normalized spacial score (nSPS) is 14.8. The number of rotatable bonds is 5. The summed E-state index contributed by atoms with van der Waals surface area (Å²) in [6.07, 6.45) is 5.42. The third-order valence-electron chi connectivity index (χ3n) is 4.93. The van der Waals surface area contributed by atoms with Gasteiger partial charge in [-0.2, -0.15) is 5.10 Å². The molecule has 0 spiro atoms. The topological polar surface area (TPSA) is 71.8 Å². The summed E-state index contributed by atoms with van der Waals surface area (Å²) in [6, 6.07) is 15.7. The van der Waals surface area contributed by atoms with Crippen molar-refractivity contribution in [2.75, 3.05) is 13.1 Å². The lowest BCUT2D eigenvalue weighted by Gasteiger charge is -2.24. The summed E-state index contributed by atoms with van der Waals surface area (Å²) in [5.41, 5.74) is 3.47. The van der Waals surface area contributed by atoms with E-state index in [1.165, 1.54) is 0 Å². The molecule has 27 heavy (non-hydrogen) atoms. The van der Waals surface area contributed by atoms with Gasteiger partial charge in [0.05, 0.1) is 35.4 Å². The second-order valence-corrected chi connectivity index (χ2v) is 6.72. The molecular weight excluding hydrogens is 338 g/mol. The predicted octanol–water partition coefficient (Wildman–Crippen LogP) is 2.66. The number of nitrogens with zero attached hydrogens (tertiary/aromatic N) is 3. The monoisotopic (exact) mass is 361 g/mol. The van der Waals surface area contributed by atoms with Crippen LogP contribution in [0.3, 0.4) is 0 Å². The van der Waals surface area contributed by atoms with Gasteiger partial charge in [-0.25, -0.2) is 4.68 Å². The van der Waals surface area contributed by atoms with E-state index in [1.807, 2.05) is 53.2 Å². The van der Waals surface area contributed by atoms with Crippen molar-refractivity contribution >= 4 is 5.91 Å². The lowest BCUT2D eigenvalue weighted by molar-refractivity contribution is 0.0948. The summed E-state index contributed by atoms with van der Waals surface area (Å²) in [7, 11) is 0. The predicted molar refractivity (Wildman–Crippen MR) is 104 cm³/mol. The Morgan fingerprint density at radius 3 is 2.63 bits per heavy atom. The highest BCUT2D eigenvalue weighted by Crippen LogP contribution is 2.30. The van der Waals surface area contributed by atoms with Crippen molar-refractivity contribution in [1.29, 1.82) is 0 Å². The van der Waals surface area contributed by atoms with Gasteiger partial charge < -0.3 is 10.6 Å². The van der Waals surface area contributed by atoms with E-state index in [2.05, 4.69) is 20.7 Å². The van der Waals surface area contributed by atoms with Gasteiger partial charge in [0.1, 0.15) is 0 Å². The smallest absolute Gasteiger partial charge is 0.255 e. The highest BCUT2D eigenvalue weighted by molar-refractivity contribution is 5.95. The van der Waals surface area contributed by atoms with E-state index in [-0.39, 0.29) is 5.91 Å². The van der Waals surface area contributed by atoms with Gasteiger partial charge in [0.25, 0.3) is 5.91 Å². The number of pyridine rings is 1. The molecule has 1 fully saturated rings. The summed E-state index contributed by atoms with van der Waals surface area (Å²) in [6.45, 7) is 2.32. The highest BCUT2D eigenvalue weighted by atomic mass is 16.1. The highest BCUT2D eigenvalue weighted by Gasteiger charge is 2.26. The van der Waals surface area contributed by atoms with Gasteiger partial charge in [-0.3, -0.25) is 9.78 Å². The van der Waals surface area contributed by atoms with Gasteiger partial charge >= 0.3 is 0 Å². The minimum Gasteiger partial charge on any atom is -0.346 e. The Labute approximate surface area is 158 Å². The average Bonchev–Trinajstić information content (AvgIpc) is 3.19. The van der Waals surface area contributed by atoms with E-state index in [4.69, 9.17) is 0 Å². The lowest BCUT2D eigenvalue weighted by atomic mass is 9.91. The van der Waals surface area contributed by atoms with Crippen LogP contribution in [0.4, 0.5) is 0 Å². The fourth-order valence-electron chi connectivity index (χ4n) is 3.56. The third kappa shape index (κ3) is 3.90. The van der Waals surface area contributed by atoms with Crippen LogP contribution >= 0.6 is 0 Å². The van der Waals surface area contributed by atoms with Crippen LogP contribution in [0, 0.1) is 0 Å². The molecule has 0 saturated carbocycles. The minimum absolute atomic E-state index is 0.101. The molecule has 138 valence electrons. The number of piperidine rings is 1. The fourth-order valence-corrected chi connectivity index (χ4v) is 3.56. The fraction of sp³-hybridized carbons (Fsp3) is 0.286. The Morgan fingerprint density at radius 1 is 1.11 bits per heavy atom. The number of hydrogen-bond acceptors (Lipinski definition) is 4. The molecule has 6 heteroatoms. The van der Waals surface area contributed by atoms with Crippen LogP contribution < -0.4 is 10.6 Å². The molecule has 0 unspecified atom stereocenters. The number of amides is 1. The number of aromatic nitrogens is 3. The Morgan fingerprint density at radius 2 is 1.89 bits per heavy atom. The second kappa shape index (κ2) is 8.14. The van der Waals surface area contributed by atoms with E-state index < -0.39 is 0 Å². The van der Waals surface area contributed by atoms with Crippen LogP contribution in [0.1, 0.15) is 40.5 Å². The molecule has 4 rings (SSSR count). The van der Waals surface area contributed by atoms with Crippen LogP contribution in [0.5, 0.6) is 0 Å². The maximum absolute atomic E-state index is 12.9. The van der Waals surface area contributed by atoms with Crippen molar-refractivity contribution in [2.45, 2.75) is 25.3 Å². The third-order valence-corrected chi connectivity index (χ3v) is 4.93. The molecule has 1 amide bonds. The molecule has 1 aliphatic rings. The summed E-state index contributed by atoms with van der Waals surface area (Å²) in [4.78, 5) is 17.2. The maximum Gasteiger partial charge on any atom is 0.255 e. The first-order valence-corrected chi connectivity index (χ1v) is 9.35. The zero-order chi connectivity index (χ0) is 18.5. The van der Waals surface area contributed by atoms with Crippen molar-refractivity contribution < 1.29 is 4.79 Å². The van der Waals surface area contributed by atoms with Crippen LogP contribution in [-0.4, -0.2) is 33.8 Å². The minimum atomic E-state index is -0.101. The summed E-state index contributed by atoms with van der Waals surface area (Å²) in [5, 5.41) is 10.9. The number of benzene rings is 1. The van der Waals surface area contributed by atoms with Crippen LogP contribution in [0.2, 0.25) is 0 Å². The van der Waals surface area contributed by atoms with Crippen molar-refractivity contribution in [3.63, 3.8) is 0 Å². The average molecular weight is 361 g/mol. The van der Waals surface area contributed by atoms with E-state index in [9.17, 15) is 4.79 Å². The molecule has 1 aliphatic heterocycles. The molecule has 3 heterocycles. The first-order chi connectivity index (χ1) is 13.3. The molecular formula is C21H23N5O. The molecule has 0 radical (unpaired) electrons. The molecule has 2 aromatic heterocycles. The summed E-state index contributed by atoms with van der Waals surface area (Å²) >= 11 is 0. The molecule has 0 aliphatic carbocycles. The lowest BCUT2D eigenvalue weighted by Crippen LogP contribution is -2.30. The Hall–Kier alpha value is -2.99. The van der Waals surface area contributed by atoms with Gasteiger partial charge in [-0.1, -0.05) is 24.3 Å². The van der Waals surface area contributed by atoms with Crippen molar-refractivity contribution in [3.05, 3.63) is 77.9 Å². The van der Waals surface area contributed by atoms with Crippen LogP contribution in [0.25, 0.3) is 5.69 Å². The Bertz CT molecular complexity index is 885. The SMILES string of the molecule is O=C(NCc1ccccn1)c1cnn(-c2ccccc2)c1C1CCNCC1. The number of hydrogen-bond donors (Lipinski definition) is 2. The Balaban J connectivity index is 1.63. The second-order valence-electron chi connectivity index (χ2n) is 6.72. The summed E-state index contributed by atoms with van der Waals surface area (Å²) in [5.74, 6) is 0.209. The molecule has 3 aromatic rings. The first-order valence-electron chi connectivity index (χ1n) is 9.35. The van der Waals surface area contributed by atoms with Gasteiger partial charge in [-0.05, 0) is 50.2 Å².